The largest absolute Gasteiger partial charge is 0.496 e. The second-order valence-corrected chi connectivity index (χ2v) is 6.08. The Labute approximate surface area is 121 Å². The highest BCUT2D eigenvalue weighted by molar-refractivity contribution is 5.94. The summed E-state index contributed by atoms with van der Waals surface area (Å²) in [6, 6.07) is 5.40. The zero-order chi connectivity index (χ0) is 15.3. The Morgan fingerprint density at radius 1 is 1.45 bits per heavy atom. The second kappa shape index (κ2) is 6.75. The summed E-state index contributed by atoms with van der Waals surface area (Å²) in [5.74, 6) is 0.586. The van der Waals surface area contributed by atoms with Crippen LogP contribution in [0.4, 0.5) is 0 Å². The van der Waals surface area contributed by atoms with Crippen LogP contribution in [-0.2, 0) is 0 Å². The van der Waals surface area contributed by atoms with Crippen molar-refractivity contribution in [1.82, 2.24) is 5.32 Å². The molecule has 0 heterocycles. The number of aryl methyl sites for hydroxylation is 1. The van der Waals surface area contributed by atoms with E-state index in [1.54, 1.807) is 26.2 Å². The van der Waals surface area contributed by atoms with Crippen LogP contribution in [0.2, 0.25) is 0 Å². The number of aliphatic hydroxyl groups is 1. The molecule has 4 nitrogen and oxygen atoms in total. The lowest BCUT2D eigenvalue weighted by molar-refractivity contribution is 0.0901. The third kappa shape index (κ3) is 4.85. The molecule has 0 aromatic heterocycles. The topological polar surface area (TPSA) is 58.6 Å². The van der Waals surface area contributed by atoms with Crippen LogP contribution in [0.3, 0.4) is 0 Å². The van der Waals surface area contributed by atoms with Gasteiger partial charge in [-0.15, -0.1) is 0 Å². The van der Waals surface area contributed by atoms with Crippen LogP contribution in [-0.4, -0.2) is 30.8 Å². The van der Waals surface area contributed by atoms with E-state index >= 15 is 0 Å². The molecule has 0 aliphatic rings. The van der Waals surface area contributed by atoms with Crippen LogP contribution in [0.5, 0.6) is 5.75 Å². The summed E-state index contributed by atoms with van der Waals surface area (Å²) in [4.78, 5) is 12.1. The second-order valence-electron chi connectivity index (χ2n) is 6.08. The molecule has 1 aromatic rings. The molecule has 0 saturated carbocycles. The normalized spacial score (nSPS) is 12.9. The molecular weight excluding hydrogens is 254 g/mol. The van der Waals surface area contributed by atoms with E-state index in [-0.39, 0.29) is 17.4 Å². The summed E-state index contributed by atoms with van der Waals surface area (Å²) >= 11 is 0. The Hall–Kier alpha value is -1.55. The highest BCUT2D eigenvalue weighted by Gasteiger charge is 2.21. The molecule has 112 valence electrons. The third-order valence-corrected chi connectivity index (χ3v) is 3.25. The molecular formula is C16H25NO3. The molecule has 0 radical (unpaired) electrons. The molecule has 0 bridgehead atoms. The van der Waals surface area contributed by atoms with Gasteiger partial charge in [0.15, 0.2) is 0 Å². The average molecular weight is 279 g/mol. The Morgan fingerprint density at radius 3 is 2.65 bits per heavy atom. The maximum atomic E-state index is 12.1. The van der Waals surface area contributed by atoms with Crippen molar-refractivity contribution >= 4 is 5.91 Å². The SMILES string of the molecule is COc1cc(C(=O)NCC(C)(C)CC(C)O)ccc1C. The zero-order valence-corrected chi connectivity index (χ0v) is 13.0. The van der Waals surface area contributed by atoms with E-state index in [2.05, 4.69) is 5.32 Å². The highest BCUT2D eigenvalue weighted by atomic mass is 16.5. The van der Waals surface area contributed by atoms with E-state index in [9.17, 15) is 9.90 Å². The van der Waals surface area contributed by atoms with Gasteiger partial charge in [0.2, 0.25) is 0 Å². The molecule has 0 spiro atoms. The Kier molecular flexibility index (Phi) is 5.57. The number of hydrogen-bond acceptors (Lipinski definition) is 3. The maximum Gasteiger partial charge on any atom is 0.251 e. The Bertz CT molecular complexity index is 467. The van der Waals surface area contributed by atoms with E-state index in [1.807, 2.05) is 26.8 Å². The predicted octanol–water partition coefficient (Wildman–Crippen LogP) is 2.53. The number of aliphatic hydroxyl groups excluding tert-OH is 1. The number of methoxy groups -OCH3 is 1. The summed E-state index contributed by atoms with van der Waals surface area (Å²) in [6.07, 6.45) is 0.270. The molecule has 2 N–H and O–H groups in total. The Balaban J connectivity index is 2.68. The van der Waals surface area contributed by atoms with Crippen LogP contribution < -0.4 is 10.1 Å². The molecule has 0 fully saturated rings. The monoisotopic (exact) mass is 279 g/mol. The first kappa shape index (κ1) is 16.5. The van der Waals surface area contributed by atoms with Crippen molar-refractivity contribution in [3.63, 3.8) is 0 Å². The van der Waals surface area contributed by atoms with Crippen molar-refractivity contribution in [2.45, 2.75) is 40.2 Å². The number of amides is 1. The number of nitrogens with one attached hydrogen (secondary N) is 1. The summed E-state index contributed by atoms with van der Waals surface area (Å²) < 4.78 is 5.22. The van der Waals surface area contributed by atoms with E-state index in [0.717, 1.165) is 5.56 Å². The smallest absolute Gasteiger partial charge is 0.251 e. The molecule has 1 rings (SSSR count). The summed E-state index contributed by atoms with van der Waals surface area (Å²) in [5.41, 5.74) is 1.44. The number of carbonyl (C=O) groups is 1. The molecule has 20 heavy (non-hydrogen) atoms. The zero-order valence-electron chi connectivity index (χ0n) is 13.0. The standard InChI is InChI=1S/C16H25NO3/c1-11-6-7-13(8-14(11)20-5)15(19)17-10-16(3,4)9-12(2)18/h6-8,12,18H,9-10H2,1-5H3,(H,17,19). The van der Waals surface area contributed by atoms with Crippen molar-refractivity contribution in [2.75, 3.05) is 13.7 Å². The molecule has 0 saturated heterocycles. The highest BCUT2D eigenvalue weighted by Crippen LogP contribution is 2.22. The van der Waals surface area contributed by atoms with Crippen LogP contribution in [0.15, 0.2) is 18.2 Å². The Morgan fingerprint density at radius 2 is 2.10 bits per heavy atom. The average Bonchev–Trinajstić information content (AvgIpc) is 2.35. The third-order valence-electron chi connectivity index (χ3n) is 3.25. The molecule has 4 heteroatoms. The fourth-order valence-corrected chi connectivity index (χ4v) is 2.25. The number of rotatable bonds is 6. The number of hydrogen-bond donors (Lipinski definition) is 2. The van der Waals surface area contributed by atoms with Crippen LogP contribution in [0.25, 0.3) is 0 Å². The lowest BCUT2D eigenvalue weighted by Crippen LogP contribution is -2.35. The minimum atomic E-state index is -0.374. The van der Waals surface area contributed by atoms with E-state index in [1.165, 1.54) is 0 Å². The van der Waals surface area contributed by atoms with E-state index in [4.69, 9.17) is 4.74 Å². The molecule has 1 amide bonds. The maximum absolute atomic E-state index is 12.1. The lowest BCUT2D eigenvalue weighted by atomic mass is 9.87. The summed E-state index contributed by atoms with van der Waals surface area (Å²) in [7, 11) is 1.59. The van der Waals surface area contributed by atoms with E-state index < -0.39 is 0 Å². The van der Waals surface area contributed by atoms with Gasteiger partial charge in [-0.2, -0.15) is 0 Å². The van der Waals surface area contributed by atoms with Gasteiger partial charge >= 0.3 is 0 Å². The number of carbonyl (C=O) groups excluding carboxylic acids is 1. The van der Waals surface area contributed by atoms with Gasteiger partial charge < -0.3 is 15.2 Å². The van der Waals surface area contributed by atoms with Gasteiger partial charge in [0, 0.05) is 12.1 Å². The van der Waals surface area contributed by atoms with Gasteiger partial charge in [0.25, 0.3) is 5.91 Å². The molecule has 1 atom stereocenters. The number of benzene rings is 1. The first-order valence-electron chi connectivity index (χ1n) is 6.86. The summed E-state index contributed by atoms with van der Waals surface area (Å²) in [5, 5.41) is 12.3. The van der Waals surface area contributed by atoms with Crippen LogP contribution in [0, 0.1) is 12.3 Å². The minimum absolute atomic E-state index is 0.123. The lowest BCUT2D eigenvalue weighted by Gasteiger charge is -2.26. The molecule has 0 aliphatic carbocycles. The van der Waals surface area contributed by atoms with Gasteiger partial charge in [-0.1, -0.05) is 19.9 Å². The molecule has 1 aromatic carbocycles. The van der Waals surface area contributed by atoms with Crippen molar-refractivity contribution in [2.24, 2.45) is 5.41 Å². The van der Waals surface area contributed by atoms with Gasteiger partial charge in [0.1, 0.15) is 5.75 Å². The molecule has 0 aliphatic heterocycles. The summed E-state index contributed by atoms with van der Waals surface area (Å²) in [6.45, 7) is 8.26. The van der Waals surface area contributed by atoms with Gasteiger partial charge in [-0.25, -0.2) is 0 Å². The van der Waals surface area contributed by atoms with Crippen LogP contribution >= 0.6 is 0 Å². The molecule has 1 unspecified atom stereocenters. The van der Waals surface area contributed by atoms with Crippen molar-refractivity contribution in [3.05, 3.63) is 29.3 Å². The van der Waals surface area contributed by atoms with Crippen molar-refractivity contribution in [3.8, 4) is 5.75 Å². The van der Waals surface area contributed by atoms with Gasteiger partial charge in [-0.3, -0.25) is 4.79 Å². The van der Waals surface area contributed by atoms with Gasteiger partial charge in [-0.05, 0) is 43.4 Å². The van der Waals surface area contributed by atoms with Crippen LogP contribution in [0.1, 0.15) is 43.1 Å². The fourth-order valence-electron chi connectivity index (χ4n) is 2.25. The first-order valence-corrected chi connectivity index (χ1v) is 6.86. The van der Waals surface area contributed by atoms with E-state index in [0.29, 0.717) is 24.3 Å². The minimum Gasteiger partial charge on any atom is -0.496 e. The quantitative estimate of drug-likeness (QED) is 0.841. The van der Waals surface area contributed by atoms with Crippen molar-refractivity contribution < 1.29 is 14.6 Å². The van der Waals surface area contributed by atoms with Gasteiger partial charge in [0.05, 0.1) is 13.2 Å². The van der Waals surface area contributed by atoms with Crippen molar-refractivity contribution in [1.29, 1.82) is 0 Å². The fraction of sp³-hybridized carbons (Fsp3) is 0.562. The number of ether oxygens (including phenoxy) is 1. The predicted molar refractivity (Wildman–Crippen MR) is 80.1 cm³/mol. The first-order chi connectivity index (χ1) is 9.25.